The van der Waals surface area contributed by atoms with Crippen LogP contribution in [-0.2, 0) is 12.8 Å². The number of pyridine rings is 1. The number of ether oxygens (including phenoxy) is 2. The summed E-state index contributed by atoms with van der Waals surface area (Å²) in [7, 11) is 0. The molecule has 1 aromatic heterocycles. The predicted molar refractivity (Wildman–Crippen MR) is 72.8 cm³/mol. The lowest BCUT2D eigenvalue weighted by atomic mass is 10.2. The van der Waals surface area contributed by atoms with Gasteiger partial charge in [0.15, 0.2) is 0 Å². The largest absolute Gasteiger partial charge is 0.494 e. The first kappa shape index (κ1) is 16.1. The van der Waals surface area contributed by atoms with Crippen molar-refractivity contribution in [1.29, 1.82) is 0 Å². The SMILES string of the molecule is CCOc1cc(CO)cc(Oc2ccc(C(F)(F)F)cn2)c1. The predicted octanol–water partition coefficient (Wildman–Crippen LogP) is 3.78. The van der Waals surface area contributed by atoms with Crippen LogP contribution < -0.4 is 9.47 Å². The maximum Gasteiger partial charge on any atom is 0.417 e. The second-order valence-corrected chi connectivity index (χ2v) is 4.39. The van der Waals surface area contributed by atoms with E-state index in [4.69, 9.17) is 9.47 Å². The molecule has 1 heterocycles. The van der Waals surface area contributed by atoms with E-state index in [0.717, 1.165) is 12.1 Å². The molecule has 0 bridgehead atoms. The van der Waals surface area contributed by atoms with Gasteiger partial charge in [-0.2, -0.15) is 13.2 Å². The molecule has 0 unspecified atom stereocenters. The number of halogens is 3. The molecule has 1 aromatic carbocycles. The van der Waals surface area contributed by atoms with E-state index in [-0.39, 0.29) is 12.5 Å². The van der Waals surface area contributed by atoms with Crippen LogP contribution in [0.1, 0.15) is 18.1 Å². The zero-order chi connectivity index (χ0) is 16.2. The van der Waals surface area contributed by atoms with Crippen molar-refractivity contribution < 1.29 is 27.8 Å². The lowest BCUT2D eigenvalue weighted by Gasteiger charge is -2.11. The first-order valence-corrected chi connectivity index (χ1v) is 6.51. The molecule has 2 rings (SSSR count). The van der Waals surface area contributed by atoms with Gasteiger partial charge in [-0.15, -0.1) is 0 Å². The number of nitrogens with zero attached hydrogens (tertiary/aromatic N) is 1. The van der Waals surface area contributed by atoms with Gasteiger partial charge >= 0.3 is 6.18 Å². The van der Waals surface area contributed by atoms with E-state index in [9.17, 15) is 18.3 Å². The Hall–Kier alpha value is -2.28. The quantitative estimate of drug-likeness (QED) is 0.912. The molecule has 0 saturated heterocycles. The third-order valence-electron chi connectivity index (χ3n) is 2.72. The highest BCUT2D eigenvalue weighted by Crippen LogP contribution is 2.31. The Kier molecular flexibility index (Phi) is 4.87. The van der Waals surface area contributed by atoms with E-state index >= 15 is 0 Å². The van der Waals surface area contributed by atoms with Crippen LogP contribution >= 0.6 is 0 Å². The monoisotopic (exact) mass is 313 g/mol. The standard InChI is InChI=1S/C15H14F3NO3/c1-2-21-12-5-10(9-20)6-13(7-12)22-14-4-3-11(8-19-14)15(16,17)18/h3-8,20H,2,9H2,1H3. The van der Waals surface area contributed by atoms with Gasteiger partial charge in [-0.05, 0) is 30.7 Å². The Morgan fingerprint density at radius 3 is 2.41 bits per heavy atom. The number of aliphatic hydroxyl groups excluding tert-OH is 1. The second kappa shape index (κ2) is 6.65. The number of benzene rings is 1. The molecule has 0 atom stereocenters. The minimum atomic E-state index is -4.44. The molecule has 0 aliphatic rings. The molecule has 4 nitrogen and oxygen atoms in total. The summed E-state index contributed by atoms with van der Waals surface area (Å²) in [5.74, 6) is 0.837. The average Bonchev–Trinajstić information content (AvgIpc) is 2.47. The fourth-order valence-corrected chi connectivity index (χ4v) is 1.76. The second-order valence-electron chi connectivity index (χ2n) is 4.39. The van der Waals surface area contributed by atoms with Gasteiger partial charge in [-0.1, -0.05) is 0 Å². The topological polar surface area (TPSA) is 51.6 Å². The first-order valence-electron chi connectivity index (χ1n) is 6.51. The van der Waals surface area contributed by atoms with Gasteiger partial charge in [0.1, 0.15) is 11.5 Å². The van der Waals surface area contributed by atoms with Crippen molar-refractivity contribution in [2.75, 3.05) is 6.61 Å². The molecule has 2 aromatic rings. The summed E-state index contributed by atoms with van der Waals surface area (Å²) in [5, 5.41) is 9.19. The van der Waals surface area contributed by atoms with E-state index in [1.165, 1.54) is 0 Å². The normalized spacial score (nSPS) is 11.3. The highest BCUT2D eigenvalue weighted by atomic mass is 19.4. The zero-order valence-corrected chi connectivity index (χ0v) is 11.7. The van der Waals surface area contributed by atoms with Crippen molar-refractivity contribution in [3.8, 4) is 17.4 Å². The van der Waals surface area contributed by atoms with Crippen LogP contribution in [0.5, 0.6) is 17.4 Å². The van der Waals surface area contributed by atoms with E-state index < -0.39 is 11.7 Å². The van der Waals surface area contributed by atoms with Crippen molar-refractivity contribution in [2.24, 2.45) is 0 Å². The Labute approximate surface area is 125 Å². The van der Waals surface area contributed by atoms with Crippen molar-refractivity contribution in [2.45, 2.75) is 19.7 Å². The van der Waals surface area contributed by atoms with Gasteiger partial charge in [0.25, 0.3) is 0 Å². The Balaban J connectivity index is 2.21. The summed E-state index contributed by atoms with van der Waals surface area (Å²) < 4.78 is 48.1. The highest BCUT2D eigenvalue weighted by Gasteiger charge is 2.30. The van der Waals surface area contributed by atoms with Gasteiger partial charge in [-0.25, -0.2) is 4.98 Å². The van der Waals surface area contributed by atoms with Crippen molar-refractivity contribution in [1.82, 2.24) is 4.98 Å². The van der Waals surface area contributed by atoms with Crippen LogP contribution in [0.2, 0.25) is 0 Å². The zero-order valence-electron chi connectivity index (χ0n) is 11.7. The number of aliphatic hydroxyl groups is 1. The molecule has 118 valence electrons. The minimum absolute atomic E-state index is 0.0190. The summed E-state index contributed by atoms with van der Waals surface area (Å²) in [5.41, 5.74) is -0.285. The molecule has 22 heavy (non-hydrogen) atoms. The van der Waals surface area contributed by atoms with Gasteiger partial charge in [0.2, 0.25) is 5.88 Å². The smallest absolute Gasteiger partial charge is 0.417 e. The number of alkyl halides is 3. The number of hydrogen-bond donors (Lipinski definition) is 1. The molecule has 1 N–H and O–H groups in total. The van der Waals surface area contributed by atoms with E-state index in [0.29, 0.717) is 29.9 Å². The van der Waals surface area contributed by atoms with Crippen molar-refractivity contribution in [3.05, 3.63) is 47.7 Å². The number of rotatable bonds is 5. The van der Waals surface area contributed by atoms with Crippen molar-refractivity contribution >= 4 is 0 Å². The molecule has 0 aliphatic heterocycles. The van der Waals surface area contributed by atoms with Crippen LogP contribution in [0.4, 0.5) is 13.2 Å². The summed E-state index contributed by atoms with van der Waals surface area (Å²) >= 11 is 0. The lowest BCUT2D eigenvalue weighted by Crippen LogP contribution is -2.05. The highest BCUT2D eigenvalue weighted by molar-refractivity contribution is 5.40. The van der Waals surface area contributed by atoms with E-state index in [1.807, 2.05) is 6.92 Å². The summed E-state index contributed by atoms with van der Waals surface area (Å²) in [4.78, 5) is 3.63. The number of hydrogen-bond acceptors (Lipinski definition) is 4. The Morgan fingerprint density at radius 2 is 1.86 bits per heavy atom. The third kappa shape index (κ3) is 4.11. The van der Waals surface area contributed by atoms with Gasteiger partial charge in [0.05, 0.1) is 18.8 Å². The van der Waals surface area contributed by atoms with Gasteiger partial charge < -0.3 is 14.6 Å². The molecule has 0 aliphatic carbocycles. The third-order valence-corrected chi connectivity index (χ3v) is 2.72. The van der Waals surface area contributed by atoms with Gasteiger partial charge in [0, 0.05) is 18.3 Å². The molecule has 0 amide bonds. The molecule has 0 saturated carbocycles. The summed E-state index contributed by atoms with van der Waals surface area (Å²) in [6.45, 7) is 2.04. The summed E-state index contributed by atoms with van der Waals surface area (Å²) in [6, 6.07) is 6.80. The molecule has 0 fully saturated rings. The fraction of sp³-hybridized carbons (Fsp3) is 0.267. The fourth-order valence-electron chi connectivity index (χ4n) is 1.76. The maximum atomic E-state index is 12.5. The van der Waals surface area contributed by atoms with Crippen molar-refractivity contribution in [3.63, 3.8) is 0 Å². The minimum Gasteiger partial charge on any atom is -0.494 e. The average molecular weight is 313 g/mol. The molecular formula is C15H14F3NO3. The maximum absolute atomic E-state index is 12.5. The first-order chi connectivity index (χ1) is 10.4. The van der Waals surface area contributed by atoms with E-state index in [2.05, 4.69) is 4.98 Å². The lowest BCUT2D eigenvalue weighted by molar-refractivity contribution is -0.137. The van der Waals surface area contributed by atoms with Crippen LogP contribution in [0.25, 0.3) is 0 Å². The molecular weight excluding hydrogens is 299 g/mol. The number of aromatic nitrogens is 1. The molecule has 7 heteroatoms. The van der Waals surface area contributed by atoms with Crippen LogP contribution in [0, 0.1) is 0 Å². The Morgan fingerprint density at radius 1 is 1.14 bits per heavy atom. The van der Waals surface area contributed by atoms with E-state index in [1.54, 1.807) is 18.2 Å². The van der Waals surface area contributed by atoms with Crippen LogP contribution in [0.3, 0.4) is 0 Å². The summed E-state index contributed by atoms with van der Waals surface area (Å²) in [6.07, 6.45) is -3.74. The Bertz CT molecular complexity index is 627. The molecule has 0 spiro atoms. The van der Waals surface area contributed by atoms with Crippen LogP contribution in [-0.4, -0.2) is 16.7 Å². The van der Waals surface area contributed by atoms with Crippen LogP contribution in [0.15, 0.2) is 36.5 Å². The molecule has 0 radical (unpaired) electrons. The van der Waals surface area contributed by atoms with Gasteiger partial charge in [-0.3, -0.25) is 0 Å².